The van der Waals surface area contributed by atoms with Crippen LogP contribution < -0.4 is 26.6 Å². The Morgan fingerprint density at radius 1 is 1.10 bits per heavy atom. The van der Waals surface area contributed by atoms with E-state index < -0.39 is 58.9 Å². The van der Waals surface area contributed by atoms with Gasteiger partial charge in [0.1, 0.15) is 22.9 Å². The highest BCUT2D eigenvalue weighted by atomic mass is 32.1. The van der Waals surface area contributed by atoms with Crippen LogP contribution in [-0.4, -0.2) is 103 Å². The zero-order valence-electron chi connectivity index (χ0n) is 28.1. The molecule has 0 aromatic carbocycles. The molecule has 1 saturated carbocycles. The second kappa shape index (κ2) is 15.1. The number of hydrogen-bond donors (Lipinski definition) is 6. The number of β-lactam (4-membered cyclic amide) rings is 1. The maximum atomic E-state index is 13.4. The predicted molar refractivity (Wildman–Crippen MR) is 174 cm³/mol. The Hall–Kier alpha value is -4.85. The summed E-state index contributed by atoms with van der Waals surface area (Å²) < 4.78 is 10.4. The molecule has 2 aromatic rings. The number of hydrogen-bond acceptors (Lipinski definition) is 14. The first-order valence-corrected chi connectivity index (χ1v) is 16.4. The summed E-state index contributed by atoms with van der Waals surface area (Å²) in [5.74, 6) is -2.53. The van der Waals surface area contributed by atoms with Crippen LogP contribution in [0.4, 0.5) is 14.7 Å². The van der Waals surface area contributed by atoms with Gasteiger partial charge in [-0.25, -0.2) is 19.4 Å². The molecule has 0 bridgehead atoms. The normalized spacial score (nSPS) is 18.4. The number of alkyl carbamates (subject to hydrolysis) is 1. The average Bonchev–Trinajstić information content (AvgIpc) is 3.42. The van der Waals surface area contributed by atoms with Crippen LogP contribution >= 0.6 is 11.3 Å². The van der Waals surface area contributed by atoms with Crippen LogP contribution in [0, 0.1) is 0 Å². The Labute approximate surface area is 285 Å². The van der Waals surface area contributed by atoms with Crippen LogP contribution in [0.15, 0.2) is 16.7 Å². The predicted octanol–water partition coefficient (Wildman–Crippen LogP) is 1.11. The van der Waals surface area contributed by atoms with Gasteiger partial charge in [0, 0.05) is 31.3 Å². The van der Waals surface area contributed by atoms with Crippen LogP contribution in [0.3, 0.4) is 0 Å². The van der Waals surface area contributed by atoms with Gasteiger partial charge in [0.25, 0.3) is 5.91 Å². The van der Waals surface area contributed by atoms with E-state index in [-0.39, 0.29) is 35.9 Å². The monoisotopic (exact) mass is 706 g/mol. The Morgan fingerprint density at radius 3 is 2.43 bits per heavy atom. The number of aliphatic carboxylic acids is 1. The molecule has 1 saturated heterocycles. The van der Waals surface area contributed by atoms with Crippen molar-refractivity contribution in [2.24, 2.45) is 5.16 Å². The van der Waals surface area contributed by atoms with E-state index >= 15 is 0 Å². The molecule has 6 N–H and O–H groups in total. The summed E-state index contributed by atoms with van der Waals surface area (Å²) in [5.41, 5.74) is -2.63. The summed E-state index contributed by atoms with van der Waals surface area (Å²) in [5, 5.41) is 37.2. The lowest BCUT2D eigenvalue weighted by Crippen LogP contribution is -2.70. The number of thiazole rings is 1. The topological polar surface area (TPSA) is 249 Å². The summed E-state index contributed by atoms with van der Waals surface area (Å²) in [6, 6.07) is -1.56. The molecule has 1 aliphatic carbocycles. The minimum absolute atomic E-state index is 0.0162. The number of carbonyl (C=O) groups is 5. The van der Waals surface area contributed by atoms with Crippen molar-refractivity contribution >= 4 is 52.2 Å². The van der Waals surface area contributed by atoms with E-state index in [9.17, 15) is 29.1 Å². The zero-order chi connectivity index (χ0) is 36.0. The van der Waals surface area contributed by atoms with Gasteiger partial charge in [0.2, 0.25) is 11.5 Å². The van der Waals surface area contributed by atoms with Crippen LogP contribution in [0.5, 0.6) is 0 Å². The summed E-state index contributed by atoms with van der Waals surface area (Å²) in [6.45, 7) is 12.1. The molecule has 20 heteroatoms. The van der Waals surface area contributed by atoms with E-state index in [0.717, 1.165) is 11.3 Å². The van der Waals surface area contributed by atoms with Crippen LogP contribution in [-0.2, 0) is 41.8 Å². The van der Waals surface area contributed by atoms with Crippen molar-refractivity contribution in [3.63, 3.8) is 0 Å². The van der Waals surface area contributed by atoms with Gasteiger partial charge >= 0.3 is 18.2 Å². The number of nitrogens with zero attached hydrogens (tertiary/aromatic N) is 5. The first kappa shape index (κ1) is 37.0. The maximum absolute atomic E-state index is 13.4. The van der Waals surface area contributed by atoms with Gasteiger partial charge in [0.15, 0.2) is 10.8 Å². The van der Waals surface area contributed by atoms with E-state index in [4.69, 9.17) is 14.3 Å². The molecular formula is C29H42N10O9S. The lowest BCUT2D eigenvalue weighted by molar-refractivity contribution is -0.153. The molecule has 0 spiro atoms. The Balaban J connectivity index is 1.32. The quantitative estimate of drug-likeness (QED) is 0.0658. The second-order valence-electron chi connectivity index (χ2n) is 13.4. The van der Waals surface area contributed by atoms with Gasteiger partial charge in [-0.1, -0.05) is 5.16 Å². The summed E-state index contributed by atoms with van der Waals surface area (Å²) in [4.78, 5) is 72.4. The van der Waals surface area contributed by atoms with Gasteiger partial charge in [-0.3, -0.25) is 14.9 Å². The number of oxime groups is 1. The minimum atomic E-state index is -1.55. The fourth-order valence-electron chi connectivity index (χ4n) is 4.21. The fourth-order valence-corrected chi connectivity index (χ4v) is 4.89. The molecule has 0 radical (unpaired) electrons. The molecule has 268 valence electrons. The molecule has 2 atom stereocenters. The number of anilines is 1. The SMILES string of the molecule is CC(C)(C)OC(=O)NCCCNCc1cnn(C[C@H]2NC(=O)[C@H]2NC(=O)/C(=N\OC2(C(=O)O)CC2)c2csc(NC(=O)OC(C)(C)C)n2)n1. The number of carbonyl (C=O) groups excluding carboxylic acids is 4. The highest BCUT2D eigenvalue weighted by Gasteiger charge is 2.55. The lowest BCUT2D eigenvalue weighted by Gasteiger charge is -2.36. The molecule has 3 heterocycles. The number of rotatable bonds is 15. The smallest absolute Gasteiger partial charge is 0.413 e. The van der Waals surface area contributed by atoms with Crippen molar-refractivity contribution in [3.05, 3.63) is 23.0 Å². The van der Waals surface area contributed by atoms with Gasteiger partial charge in [-0.2, -0.15) is 15.0 Å². The second-order valence-corrected chi connectivity index (χ2v) is 14.3. The molecule has 19 nitrogen and oxygen atoms in total. The molecule has 0 unspecified atom stereocenters. The molecule has 2 fully saturated rings. The van der Waals surface area contributed by atoms with E-state index in [1.807, 2.05) is 0 Å². The third-order valence-electron chi connectivity index (χ3n) is 6.72. The van der Waals surface area contributed by atoms with Crippen molar-refractivity contribution in [1.29, 1.82) is 0 Å². The Bertz CT molecular complexity index is 1570. The summed E-state index contributed by atoms with van der Waals surface area (Å²) in [7, 11) is 0. The fraction of sp³-hybridized carbons (Fsp3) is 0.621. The Kier molecular flexibility index (Phi) is 11.4. The van der Waals surface area contributed by atoms with Crippen LogP contribution in [0.1, 0.15) is 72.2 Å². The minimum Gasteiger partial charge on any atom is -0.478 e. The molecule has 1 aliphatic heterocycles. The number of carboxylic acid groups (broad SMARTS) is 1. The standard InChI is InChI=1S/C29H42N10O9S/c1-27(2,3)46-25(44)31-11-7-10-30-12-16-13-32-39(37-16)14-17-19(21(40)33-17)35-22(41)20(38-48-29(8-9-29)23(42)43)18-15-49-24(34-18)36-26(45)47-28(4,5)6/h13,15,17,19,30H,7-12,14H2,1-6H3,(H,31,44)(H,33,40)(H,35,41)(H,42,43)(H,34,36,45)/b38-20-/t17-,19+/m1/s1. The average molecular weight is 707 g/mol. The van der Waals surface area contributed by atoms with Crippen molar-refractivity contribution in [3.8, 4) is 0 Å². The highest BCUT2D eigenvalue weighted by molar-refractivity contribution is 7.14. The molecule has 4 amide bonds. The molecule has 2 aliphatic rings. The third-order valence-corrected chi connectivity index (χ3v) is 7.48. The number of nitrogens with one attached hydrogen (secondary N) is 5. The van der Waals surface area contributed by atoms with E-state index in [0.29, 0.717) is 31.7 Å². The van der Waals surface area contributed by atoms with Gasteiger partial charge in [0.05, 0.1) is 24.5 Å². The number of amides is 4. The largest absolute Gasteiger partial charge is 0.478 e. The van der Waals surface area contributed by atoms with Gasteiger partial charge < -0.3 is 40.7 Å². The van der Waals surface area contributed by atoms with Crippen molar-refractivity contribution in [2.75, 3.05) is 18.4 Å². The zero-order valence-corrected chi connectivity index (χ0v) is 28.9. The van der Waals surface area contributed by atoms with Crippen LogP contribution in [0.2, 0.25) is 0 Å². The number of carboxylic acids is 1. The third kappa shape index (κ3) is 11.1. The number of ether oxygens (including phenoxy) is 2. The lowest BCUT2D eigenvalue weighted by atomic mass is 9.98. The molecule has 4 rings (SSSR count). The Morgan fingerprint density at radius 2 is 1.80 bits per heavy atom. The summed E-state index contributed by atoms with van der Waals surface area (Å²) >= 11 is 0.979. The molecular weight excluding hydrogens is 664 g/mol. The van der Waals surface area contributed by atoms with E-state index in [2.05, 4.69) is 46.9 Å². The van der Waals surface area contributed by atoms with Crippen molar-refractivity contribution < 1.29 is 43.4 Å². The maximum Gasteiger partial charge on any atom is 0.413 e. The van der Waals surface area contributed by atoms with Crippen LogP contribution in [0.25, 0.3) is 0 Å². The van der Waals surface area contributed by atoms with Crippen molar-refractivity contribution in [2.45, 2.75) is 103 Å². The molecule has 2 aromatic heterocycles. The van der Waals surface area contributed by atoms with E-state index in [1.165, 1.54) is 10.2 Å². The first-order valence-electron chi connectivity index (χ1n) is 15.6. The van der Waals surface area contributed by atoms with E-state index in [1.54, 1.807) is 47.7 Å². The summed E-state index contributed by atoms with van der Waals surface area (Å²) in [6.07, 6.45) is 1.41. The number of aromatic nitrogens is 4. The molecule has 49 heavy (non-hydrogen) atoms. The first-order chi connectivity index (χ1) is 22.9. The van der Waals surface area contributed by atoms with Gasteiger partial charge in [-0.15, -0.1) is 11.3 Å². The van der Waals surface area contributed by atoms with Gasteiger partial charge in [-0.05, 0) is 54.5 Å². The highest BCUT2D eigenvalue weighted by Crippen LogP contribution is 2.40. The van der Waals surface area contributed by atoms with Crippen molar-refractivity contribution in [1.82, 2.24) is 41.2 Å².